The zero-order valence-electron chi connectivity index (χ0n) is 18.7. The molecule has 1 aliphatic heterocycles. The van der Waals surface area contributed by atoms with Gasteiger partial charge >= 0.3 is 0 Å². The number of amides is 3. The number of rotatable bonds is 7. The smallest absolute Gasteiger partial charge is 0.254 e. The van der Waals surface area contributed by atoms with Gasteiger partial charge in [-0.3, -0.25) is 14.4 Å². The summed E-state index contributed by atoms with van der Waals surface area (Å²) in [7, 11) is -3.77. The Bertz CT molecular complexity index is 996. The van der Waals surface area contributed by atoms with E-state index < -0.39 is 45.6 Å². The van der Waals surface area contributed by atoms with Crippen LogP contribution in [0.2, 0.25) is 0 Å². The first-order chi connectivity index (χ1) is 15.6. The van der Waals surface area contributed by atoms with E-state index >= 15 is 0 Å². The maximum atomic E-state index is 13.6. The third kappa shape index (κ3) is 6.50. The summed E-state index contributed by atoms with van der Waals surface area (Å²) < 4.78 is 39.2. The van der Waals surface area contributed by atoms with Gasteiger partial charge in [-0.25, -0.2) is 12.8 Å². The fourth-order valence-corrected chi connectivity index (χ4v) is 5.67. The highest BCUT2D eigenvalue weighted by Crippen LogP contribution is 2.27. The van der Waals surface area contributed by atoms with E-state index in [1.165, 1.54) is 23.1 Å². The molecule has 3 N–H and O–H groups in total. The highest BCUT2D eigenvalue weighted by Gasteiger charge is 2.40. The summed E-state index contributed by atoms with van der Waals surface area (Å²) in [6.45, 7) is -0.265. The summed E-state index contributed by atoms with van der Waals surface area (Å²) >= 11 is 0. The number of nitrogens with two attached hydrogens (primary N) is 1. The lowest BCUT2D eigenvalue weighted by Crippen LogP contribution is -2.63. The van der Waals surface area contributed by atoms with Gasteiger partial charge in [0.25, 0.3) is 5.91 Å². The number of hydrogen-bond acceptors (Lipinski definition) is 5. The van der Waals surface area contributed by atoms with Gasteiger partial charge in [0, 0.05) is 25.2 Å². The summed E-state index contributed by atoms with van der Waals surface area (Å²) in [6.07, 6.45) is 6.56. The van der Waals surface area contributed by atoms with E-state index in [9.17, 15) is 27.2 Å². The van der Waals surface area contributed by atoms with Crippen molar-refractivity contribution in [3.8, 4) is 0 Å². The van der Waals surface area contributed by atoms with Gasteiger partial charge in [-0.05, 0) is 30.5 Å². The number of carbonyl (C=O) groups excluding carboxylic acids is 3. The molecule has 33 heavy (non-hydrogen) atoms. The third-order valence-corrected chi connectivity index (χ3v) is 7.66. The molecule has 9 nitrogen and oxygen atoms in total. The van der Waals surface area contributed by atoms with Crippen molar-refractivity contribution in [3.63, 3.8) is 0 Å². The number of sulfonamides is 1. The van der Waals surface area contributed by atoms with Crippen LogP contribution >= 0.6 is 0 Å². The Kier molecular flexibility index (Phi) is 8.06. The second kappa shape index (κ2) is 10.6. The number of nitrogens with zero attached hydrogens (tertiary/aromatic N) is 2. The molecule has 3 amide bonds. The summed E-state index contributed by atoms with van der Waals surface area (Å²) in [6, 6.07) is 3.02. The van der Waals surface area contributed by atoms with Gasteiger partial charge in [0.05, 0.1) is 6.26 Å². The van der Waals surface area contributed by atoms with Crippen LogP contribution in [0.5, 0.6) is 0 Å². The second-order valence-electron chi connectivity index (χ2n) is 8.85. The fraction of sp³-hybridized carbons (Fsp3) is 0.591. The van der Waals surface area contributed by atoms with Gasteiger partial charge in [-0.1, -0.05) is 38.2 Å². The number of halogens is 1. The number of primary amides is 1. The van der Waals surface area contributed by atoms with E-state index in [-0.39, 0.29) is 31.1 Å². The van der Waals surface area contributed by atoms with Crippen LogP contribution in [0.3, 0.4) is 0 Å². The summed E-state index contributed by atoms with van der Waals surface area (Å²) in [5, 5.41) is 2.63. The standard InChI is InChI=1S/C22H31FN4O5S/c1-33(31,32)27-11-10-26(22(30)16-8-5-9-17(23)13-16)14-19(27)21(29)25-18(20(24)28)12-15-6-3-2-4-7-15/h5,8-9,13,15,18-19H,2-4,6-7,10-12,14H2,1H3,(H2,24,28)(H,25,29). The average molecular weight is 483 g/mol. The Hall–Kier alpha value is -2.53. The molecule has 2 aliphatic rings. The van der Waals surface area contributed by atoms with Crippen molar-refractivity contribution in [3.05, 3.63) is 35.6 Å². The van der Waals surface area contributed by atoms with Crippen LogP contribution in [-0.4, -0.2) is 73.3 Å². The van der Waals surface area contributed by atoms with E-state index in [1.54, 1.807) is 0 Å². The van der Waals surface area contributed by atoms with Gasteiger partial charge in [0.15, 0.2) is 0 Å². The van der Waals surface area contributed by atoms with Crippen LogP contribution in [-0.2, 0) is 19.6 Å². The van der Waals surface area contributed by atoms with E-state index in [0.717, 1.165) is 48.7 Å². The minimum atomic E-state index is -3.77. The molecule has 2 unspecified atom stereocenters. The Morgan fingerprint density at radius 2 is 1.88 bits per heavy atom. The van der Waals surface area contributed by atoms with Crippen LogP contribution in [0.25, 0.3) is 0 Å². The van der Waals surface area contributed by atoms with Gasteiger partial charge < -0.3 is 16.0 Å². The Labute approximate surface area is 193 Å². The summed E-state index contributed by atoms with van der Waals surface area (Å²) in [5.41, 5.74) is 5.64. The van der Waals surface area contributed by atoms with Crippen molar-refractivity contribution >= 4 is 27.7 Å². The number of nitrogens with one attached hydrogen (secondary N) is 1. The lowest BCUT2D eigenvalue weighted by atomic mass is 9.84. The molecule has 1 aromatic carbocycles. The molecule has 0 spiro atoms. The van der Waals surface area contributed by atoms with Gasteiger partial charge in [0.2, 0.25) is 21.8 Å². The average Bonchev–Trinajstić information content (AvgIpc) is 2.77. The van der Waals surface area contributed by atoms with Crippen molar-refractivity contribution in [1.29, 1.82) is 0 Å². The Balaban J connectivity index is 1.76. The third-order valence-electron chi connectivity index (χ3n) is 6.37. The number of piperazine rings is 1. The molecule has 0 radical (unpaired) electrons. The van der Waals surface area contributed by atoms with Crippen molar-refractivity contribution < 1.29 is 27.2 Å². The highest BCUT2D eigenvalue weighted by molar-refractivity contribution is 7.88. The maximum absolute atomic E-state index is 13.6. The molecule has 2 atom stereocenters. The molecule has 1 aliphatic carbocycles. The minimum Gasteiger partial charge on any atom is -0.368 e. The van der Waals surface area contributed by atoms with Crippen molar-refractivity contribution in [2.75, 3.05) is 25.9 Å². The van der Waals surface area contributed by atoms with Crippen LogP contribution in [0, 0.1) is 11.7 Å². The Morgan fingerprint density at radius 1 is 1.18 bits per heavy atom. The van der Waals surface area contributed by atoms with Gasteiger partial charge in [-0.2, -0.15) is 4.31 Å². The van der Waals surface area contributed by atoms with E-state index in [2.05, 4.69) is 5.32 Å². The minimum absolute atomic E-state index is 0.0491. The summed E-state index contributed by atoms with van der Waals surface area (Å²) in [4.78, 5) is 39.4. The van der Waals surface area contributed by atoms with E-state index in [4.69, 9.17) is 5.73 Å². The zero-order chi connectivity index (χ0) is 24.2. The molecule has 0 bridgehead atoms. The van der Waals surface area contributed by atoms with E-state index in [1.807, 2.05) is 0 Å². The number of benzene rings is 1. The lowest BCUT2D eigenvalue weighted by Gasteiger charge is -2.39. The zero-order valence-corrected chi connectivity index (χ0v) is 19.5. The molecule has 3 rings (SSSR count). The van der Waals surface area contributed by atoms with E-state index in [0.29, 0.717) is 6.42 Å². The molecule has 1 saturated carbocycles. The SMILES string of the molecule is CS(=O)(=O)N1CCN(C(=O)c2cccc(F)c2)CC1C(=O)NC(CC1CCCCC1)C(N)=O. The highest BCUT2D eigenvalue weighted by atomic mass is 32.2. The molecule has 182 valence electrons. The topological polar surface area (TPSA) is 130 Å². The van der Waals surface area contributed by atoms with Gasteiger partial charge in [-0.15, -0.1) is 0 Å². The van der Waals surface area contributed by atoms with Crippen LogP contribution in [0.1, 0.15) is 48.9 Å². The molecule has 11 heteroatoms. The van der Waals surface area contributed by atoms with Crippen molar-refractivity contribution in [2.45, 2.75) is 50.6 Å². The predicted octanol–water partition coefficient (Wildman–Crippen LogP) is 0.852. The quantitative estimate of drug-likeness (QED) is 0.595. The number of carbonyl (C=O) groups is 3. The Morgan fingerprint density at radius 3 is 2.48 bits per heavy atom. The first kappa shape index (κ1) is 25.1. The van der Waals surface area contributed by atoms with Crippen molar-refractivity contribution in [1.82, 2.24) is 14.5 Å². The molecular weight excluding hydrogens is 451 g/mol. The molecule has 1 heterocycles. The normalized spacial score (nSPS) is 21.4. The van der Waals surface area contributed by atoms with Gasteiger partial charge in [0.1, 0.15) is 17.9 Å². The fourth-order valence-electron chi connectivity index (χ4n) is 4.64. The first-order valence-corrected chi connectivity index (χ1v) is 13.0. The van der Waals surface area contributed by atoms with Crippen LogP contribution in [0.15, 0.2) is 24.3 Å². The largest absolute Gasteiger partial charge is 0.368 e. The molecule has 1 aromatic rings. The van der Waals surface area contributed by atoms with Crippen LogP contribution < -0.4 is 11.1 Å². The van der Waals surface area contributed by atoms with Crippen LogP contribution in [0.4, 0.5) is 4.39 Å². The summed E-state index contributed by atoms with van der Waals surface area (Å²) in [5.74, 6) is -2.17. The first-order valence-electron chi connectivity index (χ1n) is 11.2. The second-order valence-corrected chi connectivity index (χ2v) is 10.8. The maximum Gasteiger partial charge on any atom is 0.254 e. The lowest BCUT2D eigenvalue weighted by molar-refractivity contribution is -0.131. The molecular formula is C22H31FN4O5S. The number of hydrogen-bond donors (Lipinski definition) is 2. The molecule has 1 saturated heterocycles. The monoisotopic (exact) mass is 482 g/mol. The predicted molar refractivity (Wildman–Crippen MR) is 120 cm³/mol. The molecule has 0 aromatic heterocycles. The van der Waals surface area contributed by atoms with Crippen molar-refractivity contribution in [2.24, 2.45) is 11.7 Å². The molecule has 2 fully saturated rings.